The quantitative estimate of drug-likeness (QED) is 0.662. The number of anilines is 1. The van der Waals surface area contributed by atoms with Gasteiger partial charge in [-0.05, 0) is 36.0 Å². The van der Waals surface area contributed by atoms with Crippen molar-refractivity contribution in [1.29, 1.82) is 0 Å². The van der Waals surface area contributed by atoms with Crippen LogP contribution in [-0.2, 0) is 5.41 Å². The molecule has 1 aliphatic rings. The molecule has 2 aromatic heterocycles. The third-order valence-corrected chi connectivity index (χ3v) is 5.76. The summed E-state index contributed by atoms with van der Waals surface area (Å²) in [5.74, 6) is -0.247. The largest absolute Gasteiger partial charge is 0.348 e. The van der Waals surface area contributed by atoms with E-state index in [4.69, 9.17) is 0 Å². The van der Waals surface area contributed by atoms with Gasteiger partial charge in [0.15, 0.2) is 10.8 Å². The van der Waals surface area contributed by atoms with E-state index in [1.807, 2.05) is 12.1 Å². The molecule has 0 bridgehead atoms. The summed E-state index contributed by atoms with van der Waals surface area (Å²) in [6, 6.07) is 5.42. The monoisotopic (exact) mass is 356 g/mol. The second-order valence-corrected chi connectivity index (χ2v) is 8.49. The topological polar surface area (TPSA) is 41.9 Å². The van der Waals surface area contributed by atoms with Gasteiger partial charge < -0.3 is 4.90 Å². The number of hydrogen-bond acceptors (Lipinski definition) is 5. The molecule has 0 radical (unpaired) electrons. The molecule has 3 heterocycles. The number of aromatic nitrogens is 3. The van der Waals surface area contributed by atoms with Crippen LogP contribution in [-0.4, -0.2) is 28.0 Å². The highest BCUT2D eigenvalue weighted by Crippen LogP contribution is 2.37. The van der Waals surface area contributed by atoms with Gasteiger partial charge in [0.2, 0.25) is 0 Å². The molecule has 0 atom stereocenters. The standard InChI is InChI=1S/C19H21FN4S/c1-19(2,3)12-6-7-13(14(20)10-12)15-16-17(22-11-21-15)23-18(25-16)24-8-4-5-9-24/h6-7,10-11H,4-5,8-9H2,1-3H3. The van der Waals surface area contributed by atoms with Crippen LogP contribution in [0.2, 0.25) is 0 Å². The number of nitrogens with zero attached hydrogens (tertiary/aromatic N) is 4. The van der Waals surface area contributed by atoms with Crippen molar-refractivity contribution in [3.8, 4) is 11.3 Å². The highest BCUT2D eigenvalue weighted by atomic mass is 32.1. The maximum atomic E-state index is 14.8. The summed E-state index contributed by atoms with van der Waals surface area (Å²) in [6.07, 6.45) is 3.86. The normalized spacial score (nSPS) is 15.3. The van der Waals surface area contributed by atoms with Crippen LogP contribution in [0.3, 0.4) is 0 Å². The molecule has 0 amide bonds. The van der Waals surface area contributed by atoms with E-state index in [0.29, 0.717) is 16.9 Å². The highest BCUT2D eigenvalue weighted by molar-refractivity contribution is 7.22. The number of thiazole rings is 1. The van der Waals surface area contributed by atoms with Gasteiger partial charge in [-0.3, -0.25) is 0 Å². The Labute approximate surface area is 150 Å². The molecule has 4 nitrogen and oxygen atoms in total. The number of hydrogen-bond donors (Lipinski definition) is 0. The average molecular weight is 356 g/mol. The number of halogens is 1. The fourth-order valence-corrected chi connectivity index (χ4v) is 4.23. The number of rotatable bonds is 2. The third-order valence-electron chi connectivity index (χ3n) is 4.65. The molecule has 1 aromatic carbocycles. The van der Waals surface area contributed by atoms with Gasteiger partial charge in [0.1, 0.15) is 16.8 Å². The highest BCUT2D eigenvalue weighted by Gasteiger charge is 2.21. The lowest BCUT2D eigenvalue weighted by molar-refractivity contribution is 0.573. The smallest absolute Gasteiger partial charge is 0.188 e. The van der Waals surface area contributed by atoms with Crippen LogP contribution >= 0.6 is 11.3 Å². The average Bonchev–Trinajstić information content (AvgIpc) is 3.22. The Bertz CT molecular complexity index is 923. The molecule has 1 aliphatic heterocycles. The zero-order valence-electron chi connectivity index (χ0n) is 14.7. The van der Waals surface area contributed by atoms with Crippen molar-refractivity contribution in [3.05, 3.63) is 35.9 Å². The lowest BCUT2D eigenvalue weighted by atomic mass is 9.86. The van der Waals surface area contributed by atoms with Crippen LogP contribution in [0, 0.1) is 5.82 Å². The van der Waals surface area contributed by atoms with Gasteiger partial charge in [-0.25, -0.2) is 14.4 Å². The summed E-state index contributed by atoms with van der Waals surface area (Å²) in [5, 5.41) is 0.959. The zero-order valence-corrected chi connectivity index (χ0v) is 15.5. The molecule has 0 spiro atoms. The molecule has 130 valence electrons. The van der Waals surface area contributed by atoms with Crippen molar-refractivity contribution in [1.82, 2.24) is 15.0 Å². The molecule has 1 saturated heterocycles. The van der Waals surface area contributed by atoms with E-state index in [1.54, 1.807) is 17.4 Å². The van der Waals surface area contributed by atoms with Crippen LogP contribution in [0.5, 0.6) is 0 Å². The first-order valence-corrected chi connectivity index (χ1v) is 9.42. The van der Waals surface area contributed by atoms with Gasteiger partial charge in [-0.15, -0.1) is 0 Å². The van der Waals surface area contributed by atoms with Crippen molar-refractivity contribution in [2.45, 2.75) is 39.0 Å². The second-order valence-electron chi connectivity index (χ2n) is 7.51. The Hall–Kier alpha value is -2.08. The van der Waals surface area contributed by atoms with E-state index in [9.17, 15) is 4.39 Å². The summed E-state index contributed by atoms with van der Waals surface area (Å²) in [4.78, 5) is 15.6. The Morgan fingerprint density at radius 1 is 1.12 bits per heavy atom. The Morgan fingerprint density at radius 3 is 2.56 bits per heavy atom. The molecule has 25 heavy (non-hydrogen) atoms. The van der Waals surface area contributed by atoms with E-state index >= 15 is 0 Å². The summed E-state index contributed by atoms with van der Waals surface area (Å²) in [5.41, 5.74) is 2.67. The van der Waals surface area contributed by atoms with Gasteiger partial charge in [0.25, 0.3) is 0 Å². The predicted octanol–water partition coefficient (Wildman–Crippen LogP) is 4.79. The molecule has 6 heteroatoms. The summed E-state index contributed by atoms with van der Waals surface area (Å²) in [7, 11) is 0. The predicted molar refractivity (Wildman–Crippen MR) is 101 cm³/mol. The van der Waals surface area contributed by atoms with Gasteiger partial charge in [-0.2, -0.15) is 4.98 Å². The number of fused-ring (bicyclic) bond motifs is 1. The van der Waals surface area contributed by atoms with E-state index in [2.05, 4.69) is 40.6 Å². The minimum atomic E-state index is -0.247. The molecule has 1 fully saturated rings. The van der Waals surface area contributed by atoms with Crippen molar-refractivity contribution >= 4 is 26.8 Å². The van der Waals surface area contributed by atoms with Gasteiger partial charge >= 0.3 is 0 Å². The van der Waals surface area contributed by atoms with Crippen LogP contribution in [0.15, 0.2) is 24.5 Å². The van der Waals surface area contributed by atoms with Crippen LogP contribution in [0.25, 0.3) is 21.6 Å². The second kappa shape index (κ2) is 6.02. The van der Waals surface area contributed by atoms with Gasteiger partial charge in [0, 0.05) is 18.7 Å². The lowest BCUT2D eigenvalue weighted by Gasteiger charge is -2.19. The van der Waals surface area contributed by atoms with Crippen molar-refractivity contribution in [2.24, 2.45) is 0 Å². The van der Waals surface area contributed by atoms with Crippen LogP contribution < -0.4 is 4.90 Å². The Morgan fingerprint density at radius 2 is 1.88 bits per heavy atom. The minimum Gasteiger partial charge on any atom is -0.348 e. The van der Waals surface area contributed by atoms with E-state index in [0.717, 1.165) is 28.5 Å². The maximum Gasteiger partial charge on any atom is 0.188 e. The van der Waals surface area contributed by atoms with E-state index in [-0.39, 0.29) is 11.2 Å². The van der Waals surface area contributed by atoms with Crippen molar-refractivity contribution < 1.29 is 4.39 Å². The fourth-order valence-electron chi connectivity index (χ4n) is 3.15. The first-order chi connectivity index (χ1) is 11.9. The molecular weight excluding hydrogens is 335 g/mol. The van der Waals surface area contributed by atoms with Gasteiger partial charge in [0.05, 0.1) is 5.69 Å². The SMILES string of the molecule is CC(C)(C)c1ccc(-c2ncnc3nc(N4CCCC4)sc23)c(F)c1. The lowest BCUT2D eigenvalue weighted by Crippen LogP contribution is -2.16. The van der Waals surface area contributed by atoms with E-state index in [1.165, 1.54) is 19.2 Å². The first-order valence-electron chi connectivity index (χ1n) is 8.60. The molecular formula is C19H21FN4S. The Kier molecular flexibility index (Phi) is 3.95. The first kappa shape index (κ1) is 16.4. The molecule has 3 aromatic rings. The summed E-state index contributed by atoms with van der Waals surface area (Å²) < 4.78 is 15.7. The minimum absolute atomic E-state index is 0.0895. The fraction of sp³-hybridized carbons (Fsp3) is 0.421. The van der Waals surface area contributed by atoms with Crippen LogP contribution in [0.4, 0.5) is 9.52 Å². The third kappa shape index (κ3) is 2.99. The zero-order chi connectivity index (χ0) is 17.6. The molecule has 0 N–H and O–H groups in total. The molecule has 0 unspecified atom stereocenters. The Balaban J connectivity index is 1.81. The van der Waals surface area contributed by atoms with Crippen molar-refractivity contribution in [2.75, 3.05) is 18.0 Å². The van der Waals surface area contributed by atoms with Gasteiger partial charge in [-0.1, -0.05) is 38.2 Å². The molecule has 4 rings (SSSR count). The number of benzene rings is 1. The molecule has 0 aliphatic carbocycles. The van der Waals surface area contributed by atoms with E-state index < -0.39 is 0 Å². The molecule has 0 saturated carbocycles. The summed E-state index contributed by atoms with van der Waals surface area (Å²) in [6.45, 7) is 8.29. The summed E-state index contributed by atoms with van der Waals surface area (Å²) >= 11 is 1.56. The maximum absolute atomic E-state index is 14.8. The van der Waals surface area contributed by atoms with Crippen LogP contribution in [0.1, 0.15) is 39.2 Å². The van der Waals surface area contributed by atoms with Crippen molar-refractivity contribution in [3.63, 3.8) is 0 Å².